The highest BCUT2D eigenvalue weighted by atomic mass is 35.5. The van der Waals surface area contributed by atoms with Gasteiger partial charge in [-0.3, -0.25) is 0 Å². The highest BCUT2D eigenvalue weighted by Crippen LogP contribution is 1.99. The van der Waals surface area contributed by atoms with Crippen LogP contribution in [0.25, 0.3) is 0 Å². The van der Waals surface area contributed by atoms with Gasteiger partial charge in [-0.15, -0.1) is 11.6 Å². The molecule has 0 bridgehead atoms. The van der Waals surface area contributed by atoms with Crippen LogP contribution in [0.1, 0.15) is 0 Å². The molecule has 0 aromatic heterocycles. The first-order chi connectivity index (χ1) is 3.43. The smallest absolute Gasteiger partial charge is 0.408 e. The Kier molecular flexibility index (Phi) is 1.97. The minimum absolute atomic E-state index is 0.137. The maximum Gasteiger partial charge on any atom is 0.472 e. The highest BCUT2D eigenvalue weighted by Gasteiger charge is 2.21. The van der Waals surface area contributed by atoms with E-state index >= 15 is 0 Å². The third-order valence-electron chi connectivity index (χ3n) is 0.817. The van der Waals surface area contributed by atoms with Crippen LogP contribution in [0.4, 0.5) is 0 Å². The normalized spacial score (nSPS) is 21.0. The van der Waals surface area contributed by atoms with Crippen LogP contribution in [0.15, 0.2) is 0 Å². The maximum atomic E-state index is 5.36. The molecule has 1 rings (SSSR count). The monoisotopic (exact) mass is 120 g/mol. The van der Waals surface area contributed by atoms with Gasteiger partial charge in [0.15, 0.2) is 0 Å². The van der Waals surface area contributed by atoms with E-state index in [-0.39, 0.29) is 7.12 Å². The zero-order valence-corrected chi connectivity index (χ0v) is 4.65. The summed E-state index contributed by atoms with van der Waals surface area (Å²) in [4.78, 5) is 0. The van der Waals surface area contributed by atoms with E-state index in [0.717, 1.165) is 0 Å². The summed E-state index contributed by atoms with van der Waals surface area (Å²) in [6, 6.07) is 0. The number of hydrogen-bond acceptors (Lipinski definition) is 2. The summed E-state index contributed by atoms with van der Waals surface area (Å²) in [5.74, 6) is 0.444. The van der Waals surface area contributed by atoms with Crippen molar-refractivity contribution in [2.24, 2.45) is 0 Å². The van der Waals surface area contributed by atoms with Crippen LogP contribution < -0.4 is 0 Å². The second kappa shape index (κ2) is 2.55. The lowest BCUT2D eigenvalue weighted by Gasteiger charge is -1.92. The lowest BCUT2D eigenvalue weighted by molar-refractivity contribution is 0.365. The number of alkyl halides is 1. The fourth-order valence-corrected chi connectivity index (χ4v) is 0.674. The molecule has 1 aliphatic rings. The molecule has 1 heterocycles. The van der Waals surface area contributed by atoms with E-state index < -0.39 is 0 Å². The van der Waals surface area contributed by atoms with Gasteiger partial charge in [0.05, 0.1) is 19.0 Å². The molecule has 1 aliphatic heterocycles. The topological polar surface area (TPSA) is 18.5 Å². The summed E-state index contributed by atoms with van der Waals surface area (Å²) in [6.07, 6.45) is 0. The van der Waals surface area contributed by atoms with Gasteiger partial charge in [0.25, 0.3) is 0 Å². The van der Waals surface area contributed by atoms with Crippen molar-refractivity contribution in [1.29, 1.82) is 0 Å². The van der Waals surface area contributed by atoms with Gasteiger partial charge >= 0.3 is 7.12 Å². The van der Waals surface area contributed by atoms with Gasteiger partial charge in [0.2, 0.25) is 0 Å². The third kappa shape index (κ3) is 1.33. The van der Waals surface area contributed by atoms with Gasteiger partial charge < -0.3 is 9.31 Å². The Morgan fingerprint density at radius 2 is 2.00 bits per heavy atom. The first-order valence-electron chi connectivity index (χ1n) is 2.22. The number of hydrogen-bond donors (Lipinski definition) is 0. The van der Waals surface area contributed by atoms with Gasteiger partial charge in [0, 0.05) is 0 Å². The van der Waals surface area contributed by atoms with E-state index in [9.17, 15) is 0 Å². The molecular formula is C3H6BClO2. The zero-order chi connectivity index (χ0) is 5.11. The van der Waals surface area contributed by atoms with E-state index in [1.807, 2.05) is 0 Å². The summed E-state index contributed by atoms with van der Waals surface area (Å²) in [7, 11) is -0.137. The molecule has 1 saturated heterocycles. The Morgan fingerprint density at radius 1 is 1.43 bits per heavy atom. The van der Waals surface area contributed by atoms with Gasteiger partial charge in [-0.25, -0.2) is 0 Å². The Bertz CT molecular complexity index is 54.9. The summed E-state index contributed by atoms with van der Waals surface area (Å²) < 4.78 is 9.90. The van der Waals surface area contributed by atoms with E-state index in [2.05, 4.69) is 0 Å². The summed E-state index contributed by atoms with van der Waals surface area (Å²) in [5.41, 5.74) is 0. The molecule has 4 heteroatoms. The molecule has 0 aromatic rings. The fourth-order valence-electron chi connectivity index (χ4n) is 0.496. The van der Waals surface area contributed by atoms with Crippen molar-refractivity contribution in [1.82, 2.24) is 0 Å². The van der Waals surface area contributed by atoms with Crippen molar-refractivity contribution in [3.8, 4) is 0 Å². The van der Waals surface area contributed by atoms with Gasteiger partial charge in [-0.2, -0.15) is 0 Å². The quantitative estimate of drug-likeness (QED) is 0.366. The molecule has 40 valence electrons. The zero-order valence-electron chi connectivity index (χ0n) is 3.89. The predicted octanol–water partition coefficient (Wildman–Crippen LogP) is 0.299. The Hall–Kier alpha value is 0.275. The van der Waals surface area contributed by atoms with E-state index in [4.69, 9.17) is 20.9 Å². The fraction of sp³-hybridized carbons (Fsp3) is 1.00. The van der Waals surface area contributed by atoms with Crippen LogP contribution in [0.2, 0.25) is 0 Å². The lowest BCUT2D eigenvalue weighted by atomic mass is 9.96. The van der Waals surface area contributed by atoms with Crippen LogP contribution in [-0.2, 0) is 9.31 Å². The van der Waals surface area contributed by atoms with Gasteiger partial charge in [-0.1, -0.05) is 0 Å². The summed E-state index contributed by atoms with van der Waals surface area (Å²) in [5, 5.41) is 0. The molecule has 0 radical (unpaired) electrons. The molecule has 0 spiro atoms. The van der Waals surface area contributed by atoms with E-state index in [0.29, 0.717) is 19.0 Å². The molecule has 0 aromatic carbocycles. The van der Waals surface area contributed by atoms with E-state index in [1.54, 1.807) is 0 Å². The number of halogens is 1. The second-order valence-electron chi connectivity index (χ2n) is 1.33. The minimum atomic E-state index is -0.137. The molecular weight excluding hydrogens is 114 g/mol. The average molecular weight is 120 g/mol. The largest absolute Gasteiger partial charge is 0.472 e. The van der Waals surface area contributed by atoms with Crippen molar-refractivity contribution < 1.29 is 9.31 Å². The molecule has 2 nitrogen and oxygen atoms in total. The Balaban J connectivity index is 2.14. The predicted molar refractivity (Wildman–Crippen MR) is 28.4 cm³/mol. The molecule has 0 amide bonds. The summed E-state index contributed by atoms with van der Waals surface area (Å²) in [6.45, 7) is 1.38. The van der Waals surface area contributed by atoms with Crippen molar-refractivity contribution in [3.05, 3.63) is 0 Å². The molecule has 0 aliphatic carbocycles. The van der Waals surface area contributed by atoms with Crippen molar-refractivity contribution >= 4 is 18.7 Å². The second-order valence-corrected chi connectivity index (χ2v) is 1.63. The van der Waals surface area contributed by atoms with Crippen molar-refractivity contribution in [2.45, 2.75) is 0 Å². The van der Waals surface area contributed by atoms with Crippen LogP contribution in [0, 0.1) is 0 Å². The molecule has 0 N–H and O–H groups in total. The van der Waals surface area contributed by atoms with E-state index in [1.165, 1.54) is 0 Å². The standard InChI is InChI=1S/C3H6BClO2/c5-3-4-6-1-2-7-4/h1-3H2. The lowest BCUT2D eigenvalue weighted by Crippen LogP contribution is -2.15. The molecule has 7 heavy (non-hydrogen) atoms. The molecule has 0 unspecified atom stereocenters. The SMILES string of the molecule is ClCB1OCCO1. The minimum Gasteiger partial charge on any atom is -0.408 e. The first kappa shape index (κ1) is 5.41. The summed E-state index contributed by atoms with van der Waals surface area (Å²) >= 11 is 5.36. The maximum absolute atomic E-state index is 5.36. The van der Waals surface area contributed by atoms with Crippen LogP contribution >= 0.6 is 11.6 Å². The van der Waals surface area contributed by atoms with Gasteiger partial charge in [0.1, 0.15) is 0 Å². The Morgan fingerprint density at radius 3 is 2.29 bits per heavy atom. The Labute approximate surface area is 47.9 Å². The highest BCUT2D eigenvalue weighted by molar-refractivity contribution is 6.56. The number of rotatable bonds is 1. The van der Waals surface area contributed by atoms with Gasteiger partial charge in [-0.05, 0) is 0 Å². The molecule has 1 fully saturated rings. The average Bonchev–Trinajstić information content (AvgIpc) is 2.14. The molecule has 0 atom stereocenters. The first-order valence-corrected chi connectivity index (χ1v) is 2.76. The van der Waals surface area contributed by atoms with Crippen LogP contribution in [-0.4, -0.2) is 26.1 Å². The third-order valence-corrected chi connectivity index (χ3v) is 1.07. The van der Waals surface area contributed by atoms with Crippen LogP contribution in [0.3, 0.4) is 0 Å². The molecule has 0 saturated carbocycles. The van der Waals surface area contributed by atoms with Crippen molar-refractivity contribution in [2.75, 3.05) is 19.0 Å². The van der Waals surface area contributed by atoms with Crippen molar-refractivity contribution in [3.63, 3.8) is 0 Å². The van der Waals surface area contributed by atoms with Crippen LogP contribution in [0.5, 0.6) is 0 Å².